The fourth-order valence-electron chi connectivity index (χ4n) is 3.12. The summed E-state index contributed by atoms with van der Waals surface area (Å²) in [6.45, 7) is 4.12. The lowest BCUT2D eigenvalue weighted by atomic mass is 9.91. The Morgan fingerprint density at radius 3 is 2.62 bits per heavy atom. The highest BCUT2D eigenvalue weighted by Crippen LogP contribution is 2.22. The number of nitrogens with one attached hydrogen (secondary N) is 2. The molecule has 0 bridgehead atoms. The predicted molar refractivity (Wildman–Crippen MR) is 91.5 cm³/mol. The van der Waals surface area contributed by atoms with Crippen molar-refractivity contribution in [1.29, 1.82) is 0 Å². The summed E-state index contributed by atoms with van der Waals surface area (Å²) in [6, 6.07) is 8.05. The third-order valence-electron chi connectivity index (χ3n) is 4.73. The number of hydrogen-bond acceptors (Lipinski definition) is 3. The molecule has 2 rings (SSSR count). The maximum absolute atomic E-state index is 12.3. The van der Waals surface area contributed by atoms with Crippen LogP contribution in [0.5, 0.6) is 0 Å². The standard InChI is InChI=1S/C18H27N3O3/c1-14-5-2-3-7-16(14)13-19-18(23)21-11-9-15(10-12-21)6-4-8-17(22)20-24/h2-3,5,7,15,24H,4,6,8-13H2,1H3,(H,19,23)(H,20,22). The number of urea groups is 1. The van der Waals surface area contributed by atoms with Gasteiger partial charge in [0.2, 0.25) is 5.91 Å². The molecule has 0 aromatic heterocycles. The second-order valence-corrected chi connectivity index (χ2v) is 6.44. The summed E-state index contributed by atoms with van der Waals surface area (Å²) in [4.78, 5) is 25.1. The van der Waals surface area contributed by atoms with Crippen molar-refractivity contribution in [3.05, 3.63) is 35.4 Å². The fourth-order valence-corrected chi connectivity index (χ4v) is 3.12. The van der Waals surface area contributed by atoms with Gasteiger partial charge in [0, 0.05) is 26.1 Å². The van der Waals surface area contributed by atoms with Gasteiger partial charge in [-0.2, -0.15) is 0 Å². The molecule has 1 aromatic rings. The van der Waals surface area contributed by atoms with Crippen LogP contribution in [0.1, 0.15) is 43.2 Å². The number of rotatable bonds is 6. The predicted octanol–water partition coefficient (Wildman–Crippen LogP) is 2.59. The number of piperidine rings is 1. The highest BCUT2D eigenvalue weighted by molar-refractivity contribution is 5.74. The number of nitrogens with zero attached hydrogens (tertiary/aromatic N) is 1. The summed E-state index contributed by atoms with van der Waals surface area (Å²) in [5.41, 5.74) is 3.98. The van der Waals surface area contributed by atoms with Gasteiger partial charge in [-0.1, -0.05) is 24.3 Å². The van der Waals surface area contributed by atoms with Crippen molar-refractivity contribution >= 4 is 11.9 Å². The Kier molecular flexibility index (Phi) is 7.06. The molecule has 1 aliphatic rings. The van der Waals surface area contributed by atoms with Crippen molar-refractivity contribution in [2.24, 2.45) is 5.92 Å². The molecule has 0 atom stereocenters. The van der Waals surface area contributed by atoms with Crippen LogP contribution < -0.4 is 10.8 Å². The van der Waals surface area contributed by atoms with E-state index in [1.54, 1.807) is 5.48 Å². The Hall–Kier alpha value is -2.08. The molecule has 1 heterocycles. The zero-order chi connectivity index (χ0) is 17.4. The SMILES string of the molecule is Cc1ccccc1CNC(=O)N1CCC(CCCC(=O)NO)CC1. The third kappa shape index (κ3) is 5.53. The lowest BCUT2D eigenvalue weighted by Gasteiger charge is -2.32. The number of aryl methyl sites for hydroxylation is 1. The smallest absolute Gasteiger partial charge is 0.317 e. The van der Waals surface area contributed by atoms with Crippen LogP contribution in [0, 0.1) is 12.8 Å². The number of carbonyl (C=O) groups is 2. The molecule has 1 fully saturated rings. The minimum absolute atomic E-state index is 0.00337. The van der Waals surface area contributed by atoms with Gasteiger partial charge < -0.3 is 10.2 Å². The number of carbonyl (C=O) groups excluding carboxylic acids is 2. The van der Waals surface area contributed by atoms with Crippen LogP contribution in [0.3, 0.4) is 0 Å². The summed E-state index contributed by atoms with van der Waals surface area (Å²) < 4.78 is 0. The Morgan fingerprint density at radius 1 is 1.25 bits per heavy atom. The van der Waals surface area contributed by atoms with E-state index in [4.69, 9.17) is 5.21 Å². The van der Waals surface area contributed by atoms with Gasteiger partial charge in [0.25, 0.3) is 0 Å². The first kappa shape index (κ1) is 18.3. The fraction of sp³-hybridized carbons (Fsp3) is 0.556. The molecule has 1 aliphatic heterocycles. The monoisotopic (exact) mass is 333 g/mol. The molecule has 132 valence electrons. The molecule has 0 unspecified atom stereocenters. The topological polar surface area (TPSA) is 81.7 Å². The number of benzene rings is 1. The van der Waals surface area contributed by atoms with Gasteiger partial charge in [-0.15, -0.1) is 0 Å². The summed E-state index contributed by atoms with van der Waals surface area (Å²) in [6.07, 6.45) is 4.04. The van der Waals surface area contributed by atoms with Gasteiger partial charge in [-0.25, -0.2) is 10.3 Å². The zero-order valence-corrected chi connectivity index (χ0v) is 14.3. The molecule has 24 heavy (non-hydrogen) atoms. The molecule has 1 aromatic carbocycles. The summed E-state index contributed by atoms with van der Waals surface area (Å²) in [5.74, 6) is 0.222. The molecule has 6 heteroatoms. The summed E-state index contributed by atoms with van der Waals surface area (Å²) in [7, 11) is 0. The van der Waals surface area contributed by atoms with E-state index in [0.717, 1.165) is 44.3 Å². The molecule has 0 radical (unpaired) electrons. The lowest BCUT2D eigenvalue weighted by Crippen LogP contribution is -2.44. The van der Waals surface area contributed by atoms with Crippen molar-refractivity contribution in [2.75, 3.05) is 13.1 Å². The van der Waals surface area contributed by atoms with E-state index in [0.29, 0.717) is 18.9 Å². The Morgan fingerprint density at radius 2 is 1.96 bits per heavy atom. The van der Waals surface area contributed by atoms with Gasteiger partial charge in [-0.05, 0) is 49.7 Å². The van der Waals surface area contributed by atoms with E-state index in [1.165, 1.54) is 5.56 Å². The van der Waals surface area contributed by atoms with Crippen molar-refractivity contribution in [3.8, 4) is 0 Å². The first-order valence-electron chi connectivity index (χ1n) is 8.60. The number of amides is 3. The van der Waals surface area contributed by atoms with Crippen molar-refractivity contribution < 1.29 is 14.8 Å². The molecule has 1 saturated heterocycles. The summed E-state index contributed by atoms with van der Waals surface area (Å²) in [5, 5.41) is 11.5. The Labute approximate surface area is 143 Å². The molecule has 0 saturated carbocycles. The van der Waals surface area contributed by atoms with E-state index >= 15 is 0 Å². The third-order valence-corrected chi connectivity index (χ3v) is 4.73. The van der Waals surface area contributed by atoms with Crippen LogP contribution in [0.4, 0.5) is 4.79 Å². The number of hydroxylamine groups is 1. The molecular formula is C18H27N3O3. The molecule has 3 amide bonds. The van der Waals surface area contributed by atoms with E-state index in [-0.39, 0.29) is 11.9 Å². The van der Waals surface area contributed by atoms with E-state index in [9.17, 15) is 9.59 Å². The molecule has 6 nitrogen and oxygen atoms in total. The van der Waals surface area contributed by atoms with Gasteiger partial charge >= 0.3 is 6.03 Å². The van der Waals surface area contributed by atoms with Crippen molar-refractivity contribution in [3.63, 3.8) is 0 Å². The maximum Gasteiger partial charge on any atom is 0.317 e. The first-order valence-corrected chi connectivity index (χ1v) is 8.60. The average molecular weight is 333 g/mol. The average Bonchev–Trinajstić information content (AvgIpc) is 2.61. The van der Waals surface area contributed by atoms with E-state index in [1.807, 2.05) is 36.1 Å². The molecule has 0 spiro atoms. The second-order valence-electron chi connectivity index (χ2n) is 6.44. The van der Waals surface area contributed by atoms with Crippen LogP contribution in [0.2, 0.25) is 0 Å². The van der Waals surface area contributed by atoms with Crippen LogP contribution >= 0.6 is 0 Å². The highest BCUT2D eigenvalue weighted by Gasteiger charge is 2.22. The van der Waals surface area contributed by atoms with Crippen LogP contribution in [0.25, 0.3) is 0 Å². The van der Waals surface area contributed by atoms with Gasteiger partial charge in [0.15, 0.2) is 0 Å². The maximum atomic E-state index is 12.3. The number of likely N-dealkylation sites (tertiary alicyclic amines) is 1. The van der Waals surface area contributed by atoms with Crippen LogP contribution in [-0.4, -0.2) is 35.1 Å². The quantitative estimate of drug-likeness (QED) is 0.553. The molecule has 0 aliphatic carbocycles. The van der Waals surface area contributed by atoms with Crippen LogP contribution in [-0.2, 0) is 11.3 Å². The number of hydrogen-bond donors (Lipinski definition) is 3. The normalized spacial score (nSPS) is 15.2. The second kappa shape index (κ2) is 9.27. The van der Waals surface area contributed by atoms with Crippen molar-refractivity contribution in [2.45, 2.75) is 45.6 Å². The van der Waals surface area contributed by atoms with Gasteiger partial charge in [0.1, 0.15) is 0 Å². The molecular weight excluding hydrogens is 306 g/mol. The Balaban J connectivity index is 1.67. The Bertz CT molecular complexity index is 554. The summed E-state index contributed by atoms with van der Waals surface area (Å²) >= 11 is 0. The van der Waals surface area contributed by atoms with Crippen LogP contribution in [0.15, 0.2) is 24.3 Å². The minimum Gasteiger partial charge on any atom is -0.334 e. The van der Waals surface area contributed by atoms with Crippen molar-refractivity contribution in [1.82, 2.24) is 15.7 Å². The zero-order valence-electron chi connectivity index (χ0n) is 14.3. The largest absolute Gasteiger partial charge is 0.334 e. The molecule has 3 N–H and O–H groups in total. The van der Waals surface area contributed by atoms with Gasteiger partial charge in [0.05, 0.1) is 0 Å². The highest BCUT2D eigenvalue weighted by atomic mass is 16.5. The van der Waals surface area contributed by atoms with E-state index in [2.05, 4.69) is 5.32 Å². The van der Waals surface area contributed by atoms with E-state index < -0.39 is 0 Å². The first-order chi connectivity index (χ1) is 11.6. The van der Waals surface area contributed by atoms with Gasteiger partial charge in [-0.3, -0.25) is 10.0 Å². The minimum atomic E-state index is -0.331. The lowest BCUT2D eigenvalue weighted by molar-refractivity contribution is -0.129.